The lowest BCUT2D eigenvalue weighted by atomic mass is 10.2. The normalized spacial score (nSPS) is 10.8. The van der Waals surface area contributed by atoms with Crippen LogP contribution in [0.25, 0.3) is 5.82 Å². The quantitative estimate of drug-likeness (QED) is 0.778. The molecule has 0 atom stereocenters. The van der Waals surface area contributed by atoms with Gasteiger partial charge in [-0.1, -0.05) is 13.0 Å². The van der Waals surface area contributed by atoms with Crippen LogP contribution in [0.1, 0.15) is 40.3 Å². The van der Waals surface area contributed by atoms with Gasteiger partial charge < -0.3 is 9.73 Å². The molecular weight excluding hydrogens is 306 g/mol. The number of carbonyl (C=O) groups is 1. The number of hydrogen-bond donors (Lipinski definition) is 1. The molecule has 3 aromatic rings. The molecule has 0 fully saturated rings. The van der Waals surface area contributed by atoms with E-state index in [0.717, 1.165) is 17.1 Å². The predicted octanol–water partition coefficient (Wildman–Crippen LogP) is 2.36. The first-order chi connectivity index (χ1) is 11.6. The summed E-state index contributed by atoms with van der Waals surface area (Å²) in [6.07, 6.45) is 3.93. The van der Waals surface area contributed by atoms with Crippen molar-refractivity contribution in [1.29, 1.82) is 0 Å². The average Bonchev–Trinajstić information content (AvgIpc) is 3.17. The molecule has 3 aromatic heterocycles. The molecule has 0 radical (unpaired) electrons. The van der Waals surface area contributed by atoms with Gasteiger partial charge in [-0.25, -0.2) is 14.6 Å². The summed E-state index contributed by atoms with van der Waals surface area (Å²) in [5.41, 5.74) is 2.17. The molecule has 7 heteroatoms. The highest BCUT2D eigenvalue weighted by Crippen LogP contribution is 2.14. The fraction of sp³-hybridized carbons (Fsp3) is 0.294. The molecule has 0 unspecified atom stereocenters. The maximum absolute atomic E-state index is 12.5. The number of rotatable bonds is 5. The Morgan fingerprint density at radius 1 is 1.33 bits per heavy atom. The standard InChI is InChI=1S/C17H19N5O2/c1-4-14-13(9-20-22(14)15-7-5-6-8-18-15)17(23)19-10-16-21-11(2)12(3)24-16/h5-9H,4,10H2,1-3H3,(H,19,23). The van der Waals surface area contributed by atoms with Gasteiger partial charge in [-0.3, -0.25) is 4.79 Å². The van der Waals surface area contributed by atoms with E-state index in [9.17, 15) is 4.79 Å². The topological polar surface area (TPSA) is 85.8 Å². The Morgan fingerprint density at radius 2 is 2.17 bits per heavy atom. The fourth-order valence-corrected chi connectivity index (χ4v) is 2.45. The third-order valence-corrected chi connectivity index (χ3v) is 3.79. The lowest BCUT2D eigenvalue weighted by Crippen LogP contribution is -2.24. The van der Waals surface area contributed by atoms with Gasteiger partial charge in [0.05, 0.1) is 29.7 Å². The minimum atomic E-state index is -0.206. The number of aryl methyl sites for hydroxylation is 2. The van der Waals surface area contributed by atoms with Crippen LogP contribution in [0.15, 0.2) is 35.0 Å². The number of nitrogens with zero attached hydrogens (tertiary/aromatic N) is 4. The molecule has 0 spiro atoms. The van der Waals surface area contributed by atoms with Crippen LogP contribution in [0.5, 0.6) is 0 Å². The number of amides is 1. The van der Waals surface area contributed by atoms with E-state index >= 15 is 0 Å². The third kappa shape index (κ3) is 3.05. The maximum Gasteiger partial charge on any atom is 0.255 e. The van der Waals surface area contributed by atoms with Crippen molar-refractivity contribution in [3.8, 4) is 5.82 Å². The molecule has 1 N–H and O–H groups in total. The molecule has 0 saturated carbocycles. The van der Waals surface area contributed by atoms with E-state index in [2.05, 4.69) is 20.4 Å². The van der Waals surface area contributed by atoms with Gasteiger partial charge in [0, 0.05) is 6.20 Å². The first-order valence-electron chi connectivity index (χ1n) is 7.79. The zero-order chi connectivity index (χ0) is 17.1. The molecule has 1 amide bonds. The molecule has 3 heterocycles. The highest BCUT2D eigenvalue weighted by Gasteiger charge is 2.18. The van der Waals surface area contributed by atoms with Crippen LogP contribution in [-0.4, -0.2) is 25.7 Å². The summed E-state index contributed by atoms with van der Waals surface area (Å²) in [6, 6.07) is 5.58. The molecule has 0 saturated heterocycles. The minimum Gasteiger partial charge on any atom is -0.444 e. The molecule has 24 heavy (non-hydrogen) atoms. The summed E-state index contributed by atoms with van der Waals surface area (Å²) in [4.78, 5) is 21.0. The molecule has 0 aromatic carbocycles. The van der Waals surface area contributed by atoms with E-state index in [-0.39, 0.29) is 12.5 Å². The summed E-state index contributed by atoms with van der Waals surface area (Å²) in [6.45, 7) is 5.94. The van der Waals surface area contributed by atoms with Crippen molar-refractivity contribution in [3.05, 3.63) is 59.2 Å². The van der Waals surface area contributed by atoms with Crippen molar-refractivity contribution in [2.45, 2.75) is 33.7 Å². The van der Waals surface area contributed by atoms with E-state index in [0.29, 0.717) is 23.7 Å². The van der Waals surface area contributed by atoms with E-state index in [1.165, 1.54) is 0 Å². The molecule has 3 rings (SSSR count). The van der Waals surface area contributed by atoms with Gasteiger partial charge in [0.25, 0.3) is 5.91 Å². The SMILES string of the molecule is CCc1c(C(=O)NCc2nc(C)c(C)o2)cnn1-c1ccccn1. The average molecular weight is 325 g/mol. The van der Waals surface area contributed by atoms with Crippen molar-refractivity contribution in [1.82, 2.24) is 25.1 Å². The highest BCUT2D eigenvalue weighted by molar-refractivity contribution is 5.95. The van der Waals surface area contributed by atoms with Crippen LogP contribution in [0.3, 0.4) is 0 Å². The number of hydrogen-bond acceptors (Lipinski definition) is 5. The van der Waals surface area contributed by atoms with Gasteiger partial charge in [0.2, 0.25) is 5.89 Å². The van der Waals surface area contributed by atoms with Crippen LogP contribution in [0.4, 0.5) is 0 Å². The summed E-state index contributed by atoms with van der Waals surface area (Å²) < 4.78 is 7.16. The van der Waals surface area contributed by atoms with Crippen molar-refractivity contribution in [3.63, 3.8) is 0 Å². The second-order valence-electron chi connectivity index (χ2n) is 5.39. The van der Waals surface area contributed by atoms with Gasteiger partial charge >= 0.3 is 0 Å². The zero-order valence-electron chi connectivity index (χ0n) is 13.9. The maximum atomic E-state index is 12.5. The van der Waals surface area contributed by atoms with Gasteiger partial charge in [-0.15, -0.1) is 0 Å². The van der Waals surface area contributed by atoms with Crippen molar-refractivity contribution in [2.24, 2.45) is 0 Å². The largest absolute Gasteiger partial charge is 0.444 e. The molecule has 124 valence electrons. The second kappa shape index (κ2) is 6.66. The summed E-state index contributed by atoms with van der Waals surface area (Å²) in [7, 11) is 0. The van der Waals surface area contributed by atoms with E-state index in [4.69, 9.17) is 4.42 Å². The molecular formula is C17H19N5O2. The second-order valence-corrected chi connectivity index (χ2v) is 5.39. The molecule has 0 bridgehead atoms. The van der Waals surface area contributed by atoms with Crippen LogP contribution >= 0.6 is 0 Å². The summed E-state index contributed by atoms with van der Waals surface area (Å²) in [5.74, 6) is 1.74. The lowest BCUT2D eigenvalue weighted by molar-refractivity contribution is 0.0946. The third-order valence-electron chi connectivity index (χ3n) is 3.79. The number of aromatic nitrogens is 4. The lowest BCUT2D eigenvalue weighted by Gasteiger charge is -2.07. The Kier molecular flexibility index (Phi) is 4.41. The highest BCUT2D eigenvalue weighted by atomic mass is 16.4. The Morgan fingerprint density at radius 3 is 2.79 bits per heavy atom. The fourth-order valence-electron chi connectivity index (χ4n) is 2.45. The minimum absolute atomic E-state index is 0.206. The number of nitrogens with one attached hydrogen (secondary N) is 1. The van der Waals surface area contributed by atoms with Crippen LogP contribution in [-0.2, 0) is 13.0 Å². The van der Waals surface area contributed by atoms with Gasteiger partial charge in [-0.2, -0.15) is 5.10 Å². The molecule has 0 aliphatic carbocycles. The van der Waals surface area contributed by atoms with Crippen LogP contribution < -0.4 is 5.32 Å². The van der Waals surface area contributed by atoms with E-state index in [1.54, 1.807) is 17.1 Å². The summed E-state index contributed by atoms with van der Waals surface area (Å²) >= 11 is 0. The summed E-state index contributed by atoms with van der Waals surface area (Å²) in [5, 5.41) is 7.13. The number of pyridine rings is 1. The monoisotopic (exact) mass is 325 g/mol. The Balaban J connectivity index is 1.79. The van der Waals surface area contributed by atoms with E-state index < -0.39 is 0 Å². The van der Waals surface area contributed by atoms with Crippen molar-refractivity contribution < 1.29 is 9.21 Å². The van der Waals surface area contributed by atoms with Crippen molar-refractivity contribution in [2.75, 3.05) is 0 Å². The van der Waals surface area contributed by atoms with Crippen LogP contribution in [0.2, 0.25) is 0 Å². The molecule has 0 aliphatic heterocycles. The van der Waals surface area contributed by atoms with Gasteiger partial charge in [0.1, 0.15) is 5.76 Å². The number of carbonyl (C=O) groups excluding carboxylic acids is 1. The predicted molar refractivity (Wildman–Crippen MR) is 87.9 cm³/mol. The van der Waals surface area contributed by atoms with E-state index in [1.807, 2.05) is 39.0 Å². The smallest absolute Gasteiger partial charge is 0.255 e. The Hall–Kier alpha value is -2.96. The number of oxazole rings is 1. The first-order valence-corrected chi connectivity index (χ1v) is 7.79. The zero-order valence-corrected chi connectivity index (χ0v) is 13.9. The molecule has 0 aliphatic rings. The Labute approximate surface area is 139 Å². The van der Waals surface area contributed by atoms with Gasteiger partial charge in [-0.05, 0) is 32.4 Å². The molecule has 7 nitrogen and oxygen atoms in total. The Bertz CT molecular complexity index is 832. The first kappa shape index (κ1) is 15.9. The van der Waals surface area contributed by atoms with Crippen LogP contribution in [0, 0.1) is 13.8 Å². The van der Waals surface area contributed by atoms with Crippen molar-refractivity contribution >= 4 is 5.91 Å². The van der Waals surface area contributed by atoms with Gasteiger partial charge in [0.15, 0.2) is 5.82 Å².